The van der Waals surface area contributed by atoms with E-state index in [9.17, 15) is 0 Å². The van der Waals surface area contributed by atoms with E-state index in [0.29, 0.717) is 17.6 Å². The van der Waals surface area contributed by atoms with Crippen LogP contribution in [0.4, 0.5) is 0 Å². The average Bonchev–Trinajstić information content (AvgIpc) is 2.87. The number of ether oxygens (including phenoxy) is 1. The van der Waals surface area contributed by atoms with Crippen LogP contribution in [0.3, 0.4) is 0 Å². The van der Waals surface area contributed by atoms with Crippen molar-refractivity contribution in [3.63, 3.8) is 0 Å². The molecule has 0 aliphatic carbocycles. The highest BCUT2D eigenvalue weighted by Gasteiger charge is 2.10. The van der Waals surface area contributed by atoms with Crippen LogP contribution in [0, 0.1) is 0 Å². The average molecular weight is 294 g/mol. The van der Waals surface area contributed by atoms with E-state index < -0.39 is 0 Å². The van der Waals surface area contributed by atoms with Crippen molar-refractivity contribution in [2.75, 3.05) is 6.54 Å². The molecule has 0 aliphatic rings. The predicted molar refractivity (Wildman–Crippen MR) is 81.5 cm³/mol. The maximum absolute atomic E-state index is 6.25. The summed E-state index contributed by atoms with van der Waals surface area (Å²) in [5.41, 5.74) is 0.966. The number of rotatable bonds is 6. The zero-order chi connectivity index (χ0) is 14.5. The lowest BCUT2D eigenvalue weighted by molar-refractivity contribution is 0.469. The van der Waals surface area contributed by atoms with Crippen LogP contribution in [0.5, 0.6) is 11.5 Å². The number of nitrogens with one attached hydrogen (secondary N) is 1. The second-order valence-corrected chi connectivity index (χ2v) is 5.26. The maximum Gasteiger partial charge on any atom is 0.165 e. The number of hydrogen-bond acceptors (Lipinski definition) is 3. The molecule has 2 rings (SSSR count). The lowest BCUT2D eigenvalue weighted by atomic mass is 10.2. The molecular formula is C15H20ClN3O. The molecule has 0 radical (unpaired) electrons. The van der Waals surface area contributed by atoms with Crippen LogP contribution < -0.4 is 10.1 Å². The van der Waals surface area contributed by atoms with Crippen LogP contribution in [-0.4, -0.2) is 16.3 Å². The van der Waals surface area contributed by atoms with Crippen molar-refractivity contribution < 1.29 is 4.74 Å². The summed E-state index contributed by atoms with van der Waals surface area (Å²) >= 11 is 6.25. The summed E-state index contributed by atoms with van der Waals surface area (Å²) in [6, 6.07) is 6.00. The Kier molecular flexibility index (Phi) is 5.04. The summed E-state index contributed by atoms with van der Waals surface area (Å²) in [5.74, 6) is 1.49. The molecule has 20 heavy (non-hydrogen) atoms. The zero-order valence-corrected chi connectivity index (χ0v) is 12.8. The minimum absolute atomic E-state index is 0.313. The highest BCUT2D eigenvalue weighted by Crippen LogP contribution is 2.30. The van der Waals surface area contributed by atoms with Crippen LogP contribution in [0.25, 0.3) is 0 Å². The van der Waals surface area contributed by atoms with E-state index >= 15 is 0 Å². The first-order chi connectivity index (χ1) is 9.61. The van der Waals surface area contributed by atoms with Crippen molar-refractivity contribution in [2.45, 2.75) is 33.4 Å². The third-order valence-corrected chi connectivity index (χ3v) is 3.32. The summed E-state index contributed by atoms with van der Waals surface area (Å²) in [5, 5.41) is 8.25. The molecule has 0 atom stereocenters. The smallest absolute Gasteiger partial charge is 0.165 e. The molecule has 4 nitrogen and oxygen atoms in total. The van der Waals surface area contributed by atoms with Gasteiger partial charge >= 0.3 is 0 Å². The van der Waals surface area contributed by atoms with Gasteiger partial charge in [-0.15, -0.1) is 0 Å². The van der Waals surface area contributed by atoms with Crippen LogP contribution in [0.1, 0.15) is 32.4 Å². The summed E-state index contributed by atoms with van der Waals surface area (Å²) in [4.78, 5) is 0. The summed E-state index contributed by atoms with van der Waals surface area (Å²) in [6.45, 7) is 7.78. The lowest BCUT2D eigenvalue weighted by Crippen LogP contribution is -2.12. The van der Waals surface area contributed by atoms with Gasteiger partial charge in [0.2, 0.25) is 0 Å². The molecule has 1 aromatic heterocycles. The Bertz CT molecular complexity index is 566. The third-order valence-electron chi connectivity index (χ3n) is 2.96. The Labute approximate surface area is 124 Å². The predicted octanol–water partition coefficient (Wildman–Crippen LogP) is 4.02. The van der Waals surface area contributed by atoms with E-state index in [2.05, 4.69) is 31.2 Å². The van der Waals surface area contributed by atoms with Gasteiger partial charge in [-0.05, 0) is 32.5 Å². The van der Waals surface area contributed by atoms with E-state index in [1.165, 1.54) is 0 Å². The molecule has 2 aromatic rings. The number of benzene rings is 1. The van der Waals surface area contributed by atoms with Crippen molar-refractivity contribution in [3.8, 4) is 11.5 Å². The molecule has 108 valence electrons. The molecule has 1 aromatic carbocycles. The van der Waals surface area contributed by atoms with Gasteiger partial charge in [0.15, 0.2) is 5.75 Å². The SMILES string of the molecule is CCNCc1c(Cl)cccc1Oc1cnn(C(C)C)c1. The van der Waals surface area contributed by atoms with Gasteiger partial charge in [0.25, 0.3) is 0 Å². The first-order valence-corrected chi connectivity index (χ1v) is 7.19. The highest BCUT2D eigenvalue weighted by molar-refractivity contribution is 6.31. The lowest BCUT2D eigenvalue weighted by Gasteiger charge is -2.12. The van der Waals surface area contributed by atoms with E-state index in [1.54, 1.807) is 6.20 Å². The van der Waals surface area contributed by atoms with Gasteiger partial charge in [-0.2, -0.15) is 5.10 Å². The number of hydrogen-bond donors (Lipinski definition) is 1. The van der Waals surface area contributed by atoms with Gasteiger partial charge < -0.3 is 10.1 Å². The van der Waals surface area contributed by atoms with Crippen molar-refractivity contribution >= 4 is 11.6 Å². The van der Waals surface area contributed by atoms with Gasteiger partial charge in [0.1, 0.15) is 5.75 Å². The molecule has 0 amide bonds. The molecule has 0 saturated carbocycles. The molecular weight excluding hydrogens is 274 g/mol. The van der Waals surface area contributed by atoms with Crippen LogP contribution in [0.2, 0.25) is 5.02 Å². The van der Waals surface area contributed by atoms with Gasteiger partial charge in [0, 0.05) is 23.2 Å². The molecule has 0 unspecified atom stereocenters. The van der Waals surface area contributed by atoms with Crippen molar-refractivity contribution in [1.82, 2.24) is 15.1 Å². The summed E-state index contributed by atoms with van der Waals surface area (Å²) in [6.07, 6.45) is 3.61. The second kappa shape index (κ2) is 6.77. The summed E-state index contributed by atoms with van der Waals surface area (Å²) < 4.78 is 7.78. The van der Waals surface area contributed by atoms with Crippen LogP contribution >= 0.6 is 11.6 Å². The fraction of sp³-hybridized carbons (Fsp3) is 0.400. The Balaban J connectivity index is 2.21. The van der Waals surface area contributed by atoms with Gasteiger partial charge in [-0.1, -0.05) is 24.6 Å². The normalized spacial score (nSPS) is 11.1. The molecule has 1 N–H and O–H groups in total. The third kappa shape index (κ3) is 3.52. The molecule has 5 heteroatoms. The Hall–Kier alpha value is -1.52. The highest BCUT2D eigenvalue weighted by atomic mass is 35.5. The molecule has 1 heterocycles. The van der Waals surface area contributed by atoms with E-state index in [1.807, 2.05) is 29.1 Å². The molecule has 0 spiro atoms. The number of aromatic nitrogens is 2. The molecule has 0 fully saturated rings. The second-order valence-electron chi connectivity index (χ2n) is 4.85. The van der Waals surface area contributed by atoms with Gasteiger partial charge in [-0.3, -0.25) is 4.68 Å². The monoisotopic (exact) mass is 293 g/mol. The Morgan fingerprint density at radius 1 is 1.40 bits per heavy atom. The van der Waals surface area contributed by atoms with Crippen molar-refractivity contribution in [3.05, 3.63) is 41.2 Å². The minimum Gasteiger partial charge on any atom is -0.454 e. The van der Waals surface area contributed by atoms with Crippen molar-refractivity contribution in [1.29, 1.82) is 0 Å². The molecule has 0 saturated heterocycles. The van der Waals surface area contributed by atoms with Crippen LogP contribution in [-0.2, 0) is 6.54 Å². The quantitative estimate of drug-likeness (QED) is 0.874. The Morgan fingerprint density at radius 2 is 2.20 bits per heavy atom. The summed E-state index contributed by atoms with van der Waals surface area (Å²) in [7, 11) is 0. The van der Waals surface area contributed by atoms with Gasteiger partial charge in [-0.25, -0.2) is 0 Å². The maximum atomic E-state index is 6.25. The molecule has 0 bridgehead atoms. The first-order valence-electron chi connectivity index (χ1n) is 6.82. The standard InChI is InChI=1S/C15H20ClN3O/c1-4-17-9-13-14(16)6-5-7-15(13)20-12-8-18-19(10-12)11(2)3/h5-8,10-11,17H,4,9H2,1-3H3. The largest absolute Gasteiger partial charge is 0.454 e. The number of nitrogens with zero attached hydrogens (tertiary/aromatic N) is 2. The first kappa shape index (κ1) is 14.9. The number of halogens is 1. The zero-order valence-electron chi connectivity index (χ0n) is 12.1. The topological polar surface area (TPSA) is 39.1 Å². The van der Waals surface area contributed by atoms with E-state index in [-0.39, 0.29) is 0 Å². The van der Waals surface area contributed by atoms with E-state index in [4.69, 9.17) is 16.3 Å². The van der Waals surface area contributed by atoms with Crippen LogP contribution in [0.15, 0.2) is 30.6 Å². The molecule has 0 aliphatic heterocycles. The van der Waals surface area contributed by atoms with E-state index in [0.717, 1.165) is 23.6 Å². The minimum atomic E-state index is 0.313. The van der Waals surface area contributed by atoms with Gasteiger partial charge in [0.05, 0.1) is 12.4 Å². The Morgan fingerprint density at radius 3 is 2.85 bits per heavy atom. The fourth-order valence-electron chi connectivity index (χ4n) is 1.84. The van der Waals surface area contributed by atoms with Crippen molar-refractivity contribution in [2.24, 2.45) is 0 Å². The fourth-order valence-corrected chi connectivity index (χ4v) is 2.07.